The van der Waals surface area contributed by atoms with E-state index in [-0.39, 0.29) is 83.9 Å². The van der Waals surface area contributed by atoms with Crippen molar-refractivity contribution in [3.63, 3.8) is 0 Å². The second-order valence-corrected chi connectivity index (χ2v) is 57.4. The maximum Gasteiger partial charge on any atom is 0.264 e. The fourth-order valence-corrected chi connectivity index (χ4v) is 33.5. The zero-order valence-corrected chi connectivity index (χ0v) is 95.6. The maximum atomic E-state index is 5.01. The van der Waals surface area contributed by atoms with Gasteiger partial charge in [0.05, 0.1) is 16.2 Å². The molecule has 2 aromatic heterocycles. The van der Waals surface area contributed by atoms with Crippen molar-refractivity contribution >= 4 is 162 Å². The van der Waals surface area contributed by atoms with E-state index in [1.807, 2.05) is 0 Å². The molecule has 5 atom stereocenters. The minimum atomic E-state index is -0.282. The summed E-state index contributed by atoms with van der Waals surface area (Å²) >= 11 is 4.15. The highest BCUT2D eigenvalue weighted by atomic mass is 32.1. The van der Waals surface area contributed by atoms with Gasteiger partial charge in [-0.1, -0.05) is 323 Å². The molecule has 5 aliphatic heterocycles. The molecule has 0 amide bonds. The SMILES string of the molecule is C=C/C(=C\C1=C(C)C(C)(C)CCC1(C)C)N1c2cc(N3c4ccc(C(C)(C)CCC5(C)CCC(C)(C)c6cc7c8c(sc7cc65)N(c5ccc6c(c5)C(C)(C)CCC6(C)C)c5cc(C)cc6c5B8c5ccc(-c7ccccc7)cc5N6c5cc(-c6ccccc6)cc(-c6ccccc6)c5)cc4C4(C)CCCCC34C)cc3c2B(c2cc(C(C)(C)C)ccc2N3c2ccc(C(C)(C)C)cc2)c2sc3cc4c(cc3c21)C1(C)CCC4(C)C1. The molecule has 0 N–H and O–H groups in total. The number of fused-ring (bicyclic) bond motifs is 22. The Bertz CT molecular complexity index is 8240. The number of thiophene rings is 2. The van der Waals surface area contributed by atoms with E-state index >= 15 is 0 Å². The lowest BCUT2D eigenvalue weighted by molar-refractivity contribution is 0.194. The van der Waals surface area contributed by atoms with Gasteiger partial charge >= 0.3 is 0 Å². The molecule has 26 rings (SSSR count). The largest absolute Gasteiger partial charge is 0.334 e. The molecule has 0 radical (unpaired) electrons. The van der Waals surface area contributed by atoms with E-state index in [2.05, 4.69) is 487 Å². The van der Waals surface area contributed by atoms with Crippen LogP contribution in [0.5, 0.6) is 0 Å². The molecule has 7 heterocycles. The standard InChI is InChI=1S/C141H151B2N5S2/c1-27-97(77-105-87(3)131(10,11)59-60-134(105,16)17)146-120-80-101(79-119-125(120)143(127-126(146)103-82-108-110(84-122(103)149-127)139(24)68-67-138(108,23)85-139)113-76-95(130(7,8)9)48-56-115(113)144(119)98-50-46-94(47-51-98)129(4,5)6)148-114-55-49-96(75-111(114)140(25)57-37-38-58-141(140,148)26)132(12,13)63-65-137(22)66-64-136(20,21)107-81-102-121(83-109(107)137)150-128-123(102)142-112-54-45-91(88-39-31-28-32-40-88)74-116(112)145(100-72-92(89-41-33-29-34-42-89)71-93(73-100)90-43-35-30-36-44-90)117-69-86(2)70-118(124(117)142)147(128)99-52-53-104-106(78-99)135(18,19)62-61-133(104,14)15/h27-36,39-56,69-84H,1,37-38,57-68,85H2,2-26H3/b97-77+. The van der Waals surface area contributed by atoms with E-state index < -0.39 is 0 Å². The predicted molar refractivity (Wildman–Crippen MR) is 650 cm³/mol. The molecule has 11 aliphatic rings. The number of benzene rings is 13. The average molecular weight is 2000 g/mol. The van der Waals surface area contributed by atoms with Crippen LogP contribution >= 0.6 is 22.7 Å². The normalized spacial score (nSPS) is 23.0. The Kier molecular flexibility index (Phi) is 21.5. The van der Waals surface area contributed by atoms with Gasteiger partial charge in [0.25, 0.3) is 13.4 Å². The highest BCUT2D eigenvalue weighted by molar-refractivity contribution is 7.34. The van der Waals surface area contributed by atoms with Gasteiger partial charge in [0.15, 0.2) is 0 Å². The Morgan fingerprint density at radius 1 is 0.367 bits per heavy atom. The summed E-state index contributed by atoms with van der Waals surface area (Å²) in [6.45, 7) is 67.6. The lowest BCUT2D eigenvalue weighted by Gasteiger charge is -2.51. The molecule has 15 aromatic rings. The molecule has 2 bridgehead atoms. The molecular formula is C141H151B2N5S2. The first-order valence-corrected chi connectivity index (χ1v) is 58.4. The van der Waals surface area contributed by atoms with Crippen LogP contribution in [0, 0.1) is 17.8 Å². The molecule has 5 nitrogen and oxygen atoms in total. The average Bonchev–Trinajstić information content (AvgIpc) is 1.48. The van der Waals surface area contributed by atoms with Crippen molar-refractivity contribution in [1.82, 2.24) is 0 Å². The lowest BCUT2D eigenvalue weighted by Crippen LogP contribution is -2.61. The summed E-state index contributed by atoms with van der Waals surface area (Å²) < 4.78 is 4.23. The zero-order chi connectivity index (χ0) is 105. The third kappa shape index (κ3) is 14.6. The van der Waals surface area contributed by atoms with Crippen LogP contribution in [-0.4, -0.2) is 19.0 Å². The summed E-state index contributed by atoms with van der Waals surface area (Å²) in [6.07, 6.45) is 22.1. The van der Waals surface area contributed by atoms with Crippen molar-refractivity contribution in [2.24, 2.45) is 10.8 Å². The number of nitrogens with zero attached hydrogens (tertiary/aromatic N) is 5. The van der Waals surface area contributed by atoms with E-state index in [1.165, 1.54) is 241 Å². The van der Waals surface area contributed by atoms with Gasteiger partial charge in [0, 0.05) is 93.2 Å². The van der Waals surface area contributed by atoms with Crippen LogP contribution in [0.15, 0.2) is 290 Å². The second-order valence-electron chi connectivity index (χ2n) is 55.3. The first kappa shape index (κ1) is 97.6. The smallest absolute Gasteiger partial charge is 0.264 e. The Morgan fingerprint density at radius 2 is 0.907 bits per heavy atom. The van der Waals surface area contributed by atoms with Crippen molar-refractivity contribution in [2.75, 3.05) is 24.5 Å². The first-order valence-electron chi connectivity index (χ1n) is 56.7. The van der Waals surface area contributed by atoms with Gasteiger partial charge in [-0.25, -0.2) is 0 Å². The predicted octanol–water partition coefficient (Wildman–Crippen LogP) is 36.0. The van der Waals surface area contributed by atoms with Crippen LogP contribution in [0.1, 0.15) is 324 Å². The van der Waals surface area contributed by atoms with Crippen LogP contribution in [0.4, 0.5) is 73.2 Å². The van der Waals surface area contributed by atoms with Gasteiger partial charge < -0.3 is 24.5 Å². The molecule has 758 valence electrons. The maximum absolute atomic E-state index is 5.01. The number of aryl methyl sites for hydroxylation is 1. The van der Waals surface area contributed by atoms with Gasteiger partial charge in [-0.2, -0.15) is 0 Å². The van der Waals surface area contributed by atoms with Gasteiger partial charge in [0.2, 0.25) is 0 Å². The van der Waals surface area contributed by atoms with Crippen molar-refractivity contribution in [3.8, 4) is 33.4 Å². The first-order chi connectivity index (χ1) is 71.1. The van der Waals surface area contributed by atoms with E-state index in [9.17, 15) is 0 Å². The molecule has 150 heavy (non-hydrogen) atoms. The zero-order valence-electron chi connectivity index (χ0n) is 93.9. The van der Waals surface area contributed by atoms with Crippen LogP contribution in [0.25, 0.3) is 53.6 Å². The topological polar surface area (TPSA) is 16.2 Å². The lowest BCUT2D eigenvalue weighted by atomic mass is 9.33. The highest BCUT2D eigenvalue weighted by Gasteiger charge is 2.61. The molecule has 0 saturated heterocycles. The fourth-order valence-electron chi connectivity index (χ4n) is 30.9. The van der Waals surface area contributed by atoms with E-state index in [0.717, 1.165) is 75.6 Å². The summed E-state index contributed by atoms with van der Waals surface area (Å²) in [6, 6.07) is 103. The second kappa shape index (κ2) is 33.1. The van der Waals surface area contributed by atoms with Crippen molar-refractivity contribution in [2.45, 2.75) is 329 Å². The van der Waals surface area contributed by atoms with Crippen molar-refractivity contribution < 1.29 is 0 Å². The quantitative estimate of drug-likeness (QED) is 0.0794. The summed E-state index contributed by atoms with van der Waals surface area (Å²) in [5, 5.41) is 4.13. The Balaban J connectivity index is 0.631. The summed E-state index contributed by atoms with van der Waals surface area (Å²) in [5.41, 5.74) is 48.8. The molecule has 6 aliphatic carbocycles. The number of hydrogen-bond donors (Lipinski definition) is 0. The highest BCUT2D eigenvalue weighted by Crippen LogP contribution is 2.67. The molecule has 5 unspecified atom stereocenters. The number of hydrogen-bond acceptors (Lipinski definition) is 7. The number of rotatable bonds is 14. The molecule has 2 fully saturated rings. The van der Waals surface area contributed by atoms with Gasteiger partial charge in [-0.3, -0.25) is 0 Å². The van der Waals surface area contributed by atoms with E-state index in [0.29, 0.717) is 0 Å². The molecule has 9 heteroatoms. The van der Waals surface area contributed by atoms with Crippen molar-refractivity contribution in [1.29, 1.82) is 0 Å². The molecular weight excluding hydrogens is 1850 g/mol. The number of anilines is 13. The third-order valence-corrected chi connectivity index (χ3v) is 43.3. The monoisotopic (exact) mass is 2000 g/mol. The Morgan fingerprint density at radius 3 is 1.57 bits per heavy atom. The van der Waals surface area contributed by atoms with Crippen LogP contribution < -0.4 is 56.6 Å². The Labute approximate surface area is 904 Å². The van der Waals surface area contributed by atoms with E-state index in [4.69, 9.17) is 6.58 Å². The number of allylic oxidation sites excluding steroid dienone is 4. The van der Waals surface area contributed by atoms with Crippen molar-refractivity contribution in [3.05, 3.63) is 352 Å². The molecule has 13 aromatic carbocycles. The summed E-state index contributed by atoms with van der Waals surface area (Å²) in [4.78, 5) is 13.9. The van der Waals surface area contributed by atoms with Gasteiger partial charge in [0.1, 0.15) is 0 Å². The van der Waals surface area contributed by atoms with Gasteiger partial charge in [-0.05, 0) is 418 Å². The third-order valence-electron chi connectivity index (χ3n) is 40.9. The summed E-state index contributed by atoms with van der Waals surface area (Å²) in [7, 11) is 0. The minimum Gasteiger partial charge on any atom is -0.334 e. The Hall–Kier alpha value is -11.9. The fraction of sp³-hybridized carbons (Fsp3) is 0.376. The molecule has 0 spiro atoms. The van der Waals surface area contributed by atoms with Crippen LogP contribution in [0.3, 0.4) is 0 Å². The minimum absolute atomic E-state index is 0.00804. The van der Waals surface area contributed by atoms with E-state index in [1.54, 1.807) is 16.7 Å². The van der Waals surface area contributed by atoms with Crippen LogP contribution in [-0.2, 0) is 54.1 Å². The molecule has 2 saturated carbocycles. The summed E-state index contributed by atoms with van der Waals surface area (Å²) in [5.74, 6) is 0. The van der Waals surface area contributed by atoms with Gasteiger partial charge in [-0.15, -0.1) is 22.7 Å². The van der Waals surface area contributed by atoms with Crippen LogP contribution in [0.2, 0.25) is 0 Å².